The molecule has 2 rings (SSSR count). The van der Waals surface area contributed by atoms with E-state index in [4.69, 9.17) is 15.9 Å². The van der Waals surface area contributed by atoms with Crippen LogP contribution in [0.25, 0.3) is 10.8 Å². The molecule has 7 heteroatoms. The van der Waals surface area contributed by atoms with Gasteiger partial charge in [0.15, 0.2) is 6.04 Å². The van der Waals surface area contributed by atoms with Gasteiger partial charge in [-0.1, -0.05) is 56.3 Å². The van der Waals surface area contributed by atoms with E-state index in [1.807, 2.05) is 56.3 Å². The maximum absolute atomic E-state index is 11.0. The van der Waals surface area contributed by atoms with E-state index in [-0.39, 0.29) is 6.42 Å². The fourth-order valence-electron chi connectivity index (χ4n) is 2.54. The molecular weight excluding hydrogens is 348 g/mol. The number of carboxylic acids is 2. The molecule has 2 aromatic rings. The predicted octanol–water partition coefficient (Wildman–Crippen LogP) is 2.62. The molecule has 0 aliphatic heterocycles. The van der Waals surface area contributed by atoms with Gasteiger partial charge in [-0.25, -0.2) is 9.59 Å². The highest BCUT2D eigenvalue weighted by molar-refractivity contribution is 5.86. The Bertz CT molecular complexity index is 821. The van der Waals surface area contributed by atoms with Crippen molar-refractivity contribution in [3.05, 3.63) is 48.0 Å². The Balaban J connectivity index is 0.000000345. The number of nitrogens with two attached hydrogens (primary N) is 1. The number of hydrogen-bond acceptors (Lipinski definition) is 5. The second kappa shape index (κ2) is 10.9. The SMILES string of the molecule is CC(C)CC(N)C(=O)O.O=C=NC(Cc1cccc2ccccc12)C(=O)O. The number of rotatable bonds is 7. The standard InChI is InChI=1S/C14H11NO3.C6H13NO2/c16-9-15-13(14(17)18)8-11-6-3-5-10-4-1-2-7-12(10)11;1-4(2)3-5(7)6(8)9/h1-7,13H,8H2,(H,17,18);4-5H,3,7H2,1-2H3,(H,8,9). The number of hydrogen-bond donors (Lipinski definition) is 3. The first-order valence-corrected chi connectivity index (χ1v) is 8.51. The van der Waals surface area contributed by atoms with Crippen LogP contribution in [0, 0.1) is 5.92 Å². The Morgan fingerprint density at radius 1 is 1.07 bits per heavy atom. The Kier molecular flexibility index (Phi) is 8.85. The van der Waals surface area contributed by atoms with Gasteiger partial charge in [-0.3, -0.25) is 4.79 Å². The lowest BCUT2D eigenvalue weighted by Gasteiger charge is -2.08. The van der Waals surface area contributed by atoms with E-state index in [9.17, 15) is 14.4 Å². The van der Waals surface area contributed by atoms with Gasteiger partial charge < -0.3 is 15.9 Å². The molecule has 0 aliphatic rings. The number of aliphatic imine (C=N–C) groups is 1. The van der Waals surface area contributed by atoms with Crippen LogP contribution in [0.5, 0.6) is 0 Å². The van der Waals surface area contributed by atoms with Crippen LogP contribution >= 0.6 is 0 Å². The van der Waals surface area contributed by atoms with Crippen molar-refractivity contribution in [3.8, 4) is 0 Å². The molecule has 0 amide bonds. The van der Waals surface area contributed by atoms with E-state index in [2.05, 4.69) is 4.99 Å². The molecule has 0 saturated heterocycles. The Labute approximate surface area is 157 Å². The maximum atomic E-state index is 11.0. The van der Waals surface area contributed by atoms with Gasteiger partial charge in [-0.15, -0.1) is 0 Å². The minimum Gasteiger partial charge on any atom is -0.480 e. The molecule has 0 fully saturated rings. The van der Waals surface area contributed by atoms with Crippen LogP contribution < -0.4 is 5.73 Å². The molecular formula is C20H24N2O5. The summed E-state index contributed by atoms with van der Waals surface area (Å²) in [6, 6.07) is 11.6. The summed E-state index contributed by atoms with van der Waals surface area (Å²) in [5.74, 6) is -1.67. The van der Waals surface area contributed by atoms with Gasteiger partial charge in [0.2, 0.25) is 6.08 Å². The summed E-state index contributed by atoms with van der Waals surface area (Å²) in [4.78, 5) is 34.6. The van der Waals surface area contributed by atoms with Crippen molar-refractivity contribution < 1.29 is 24.6 Å². The quantitative estimate of drug-likeness (QED) is 0.506. The Morgan fingerprint density at radius 3 is 2.22 bits per heavy atom. The molecule has 7 nitrogen and oxygen atoms in total. The maximum Gasteiger partial charge on any atom is 0.329 e. The largest absolute Gasteiger partial charge is 0.480 e. The van der Waals surface area contributed by atoms with Crippen molar-refractivity contribution in [2.75, 3.05) is 0 Å². The number of carbonyl (C=O) groups excluding carboxylic acids is 1. The lowest BCUT2D eigenvalue weighted by molar-refractivity contribution is -0.139. The fourth-order valence-corrected chi connectivity index (χ4v) is 2.54. The van der Waals surface area contributed by atoms with E-state index < -0.39 is 24.0 Å². The number of carbonyl (C=O) groups is 2. The first-order valence-electron chi connectivity index (χ1n) is 8.51. The van der Waals surface area contributed by atoms with Crippen LogP contribution in [0.2, 0.25) is 0 Å². The second-order valence-electron chi connectivity index (χ2n) is 6.49. The summed E-state index contributed by atoms with van der Waals surface area (Å²) < 4.78 is 0. The molecule has 4 N–H and O–H groups in total. The van der Waals surface area contributed by atoms with E-state index >= 15 is 0 Å². The van der Waals surface area contributed by atoms with Gasteiger partial charge in [0, 0.05) is 6.42 Å². The van der Waals surface area contributed by atoms with Crippen LogP contribution in [0.3, 0.4) is 0 Å². The summed E-state index contributed by atoms with van der Waals surface area (Å²) in [6.45, 7) is 3.89. The van der Waals surface area contributed by atoms with Crippen molar-refractivity contribution in [1.29, 1.82) is 0 Å². The number of fused-ring (bicyclic) bond motifs is 1. The smallest absolute Gasteiger partial charge is 0.329 e. The van der Waals surface area contributed by atoms with Gasteiger partial charge in [0.05, 0.1) is 0 Å². The minimum absolute atomic E-state index is 0.186. The number of benzene rings is 2. The highest BCUT2D eigenvalue weighted by Crippen LogP contribution is 2.20. The molecule has 0 heterocycles. The average Bonchev–Trinajstić information content (AvgIpc) is 2.61. The van der Waals surface area contributed by atoms with E-state index in [1.54, 1.807) is 0 Å². The lowest BCUT2D eigenvalue weighted by Crippen LogP contribution is -2.31. The number of nitrogens with zero attached hydrogens (tertiary/aromatic N) is 1. The van der Waals surface area contributed by atoms with E-state index in [0.717, 1.165) is 16.3 Å². The van der Waals surface area contributed by atoms with Crippen LogP contribution in [0.15, 0.2) is 47.5 Å². The average molecular weight is 372 g/mol. The molecule has 2 aromatic carbocycles. The summed E-state index contributed by atoms with van der Waals surface area (Å²) in [5, 5.41) is 19.3. The molecule has 0 radical (unpaired) electrons. The molecule has 2 atom stereocenters. The molecule has 144 valence electrons. The normalized spacial score (nSPS) is 12.4. The lowest BCUT2D eigenvalue weighted by atomic mass is 9.99. The van der Waals surface area contributed by atoms with Crippen molar-refractivity contribution in [3.63, 3.8) is 0 Å². The minimum atomic E-state index is -1.12. The van der Waals surface area contributed by atoms with Crippen molar-refractivity contribution in [2.24, 2.45) is 16.6 Å². The van der Waals surface area contributed by atoms with Crippen LogP contribution in [0.1, 0.15) is 25.8 Å². The van der Waals surface area contributed by atoms with Gasteiger partial charge >= 0.3 is 11.9 Å². The molecule has 0 bridgehead atoms. The first-order chi connectivity index (χ1) is 12.8. The van der Waals surface area contributed by atoms with Crippen molar-refractivity contribution in [1.82, 2.24) is 0 Å². The topological polar surface area (TPSA) is 130 Å². The molecule has 0 aliphatic carbocycles. The first kappa shape index (κ1) is 22.0. The second-order valence-corrected chi connectivity index (χ2v) is 6.49. The molecule has 0 spiro atoms. The van der Waals surface area contributed by atoms with Crippen LogP contribution in [-0.4, -0.2) is 40.3 Å². The van der Waals surface area contributed by atoms with Gasteiger partial charge in [-0.05, 0) is 28.7 Å². The highest BCUT2D eigenvalue weighted by Gasteiger charge is 2.17. The molecule has 2 unspecified atom stereocenters. The van der Waals surface area contributed by atoms with Gasteiger partial charge in [0.1, 0.15) is 6.04 Å². The molecule has 27 heavy (non-hydrogen) atoms. The van der Waals surface area contributed by atoms with Crippen molar-refractivity contribution in [2.45, 2.75) is 38.8 Å². The van der Waals surface area contributed by atoms with Crippen molar-refractivity contribution >= 4 is 28.8 Å². The van der Waals surface area contributed by atoms with E-state index in [0.29, 0.717) is 12.3 Å². The van der Waals surface area contributed by atoms with Crippen LogP contribution in [-0.2, 0) is 20.8 Å². The summed E-state index contributed by atoms with van der Waals surface area (Å²) in [7, 11) is 0. The summed E-state index contributed by atoms with van der Waals surface area (Å²) >= 11 is 0. The predicted molar refractivity (Wildman–Crippen MR) is 102 cm³/mol. The fraction of sp³-hybridized carbons (Fsp3) is 0.350. The number of isocyanates is 1. The number of aliphatic carboxylic acids is 2. The van der Waals surface area contributed by atoms with Gasteiger partial charge in [0.25, 0.3) is 0 Å². The zero-order valence-corrected chi connectivity index (χ0v) is 15.3. The Morgan fingerprint density at radius 2 is 1.70 bits per heavy atom. The highest BCUT2D eigenvalue weighted by atomic mass is 16.4. The number of carboxylic acid groups (broad SMARTS) is 2. The zero-order valence-electron chi connectivity index (χ0n) is 15.3. The summed E-state index contributed by atoms with van der Waals surface area (Å²) in [5.41, 5.74) is 6.08. The third kappa shape index (κ3) is 7.40. The third-order valence-corrected chi connectivity index (χ3v) is 3.83. The van der Waals surface area contributed by atoms with E-state index in [1.165, 1.54) is 6.08 Å². The molecule has 0 saturated carbocycles. The molecule has 0 aromatic heterocycles. The summed E-state index contributed by atoms with van der Waals surface area (Å²) in [6.07, 6.45) is 2.05. The zero-order chi connectivity index (χ0) is 20.4. The van der Waals surface area contributed by atoms with Gasteiger partial charge in [-0.2, -0.15) is 4.99 Å². The van der Waals surface area contributed by atoms with Crippen LogP contribution in [0.4, 0.5) is 0 Å². The monoisotopic (exact) mass is 372 g/mol. The third-order valence-electron chi connectivity index (χ3n) is 3.83. The Hall–Kier alpha value is -3.02.